The summed E-state index contributed by atoms with van der Waals surface area (Å²) in [4.78, 5) is 11.8. The molecule has 3 nitrogen and oxygen atoms in total. The van der Waals surface area contributed by atoms with Crippen molar-refractivity contribution >= 4 is 17.3 Å². The van der Waals surface area contributed by atoms with Gasteiger partial charge in [-0.3, -0.25) is 4.79 Å². The van der Waals surface area contributed by atoms with Crippen molar-refractivity contribution in [1.82, 2.24) is 0 Å². The van der Waals surface area contributed by atoms with Crippen LogP contribution in [0.1, 0.15) is 15.9 Å². The molecule has 98 valence electrons. The lowest BCUT2D eigenvalue weighted by Gasteiger charge is -2.08. The van der Waals surface area contributed by atoms with E-state index in [1.165, 1.54) is 19.1 Å². The normalized spacial score (nSPS) is 10.3. The molecular formula is C14H12F2N2O. The van der Waals surface area contributed by atoms with Crippen molar-refractivity contribution in [1.29, 1.82) is 0 Å². The van der Waals surface area contributed by atoms with E-state index in [0.29, 0.717) is 11.3 Å². The van der Waals surface area contributed by atoms with Crippen LogP contribution in [0, 0.1) is 18.6 Å². The number of hydrogen-bond acceptors (Lipinski definition) is 2. The highest BCUT2D eigenvalue weighted by molar-refractivity contribution is 6.04. The third-order valence-corrected chi connectivity index (χ3v) is 2.67. The first-order valence-corrected chi connectivity index (χ1v) is 5.60. The molecule has 1 amide bonds. The Morgan fingerprint density at radius 2 is 1.74 bits per heavy atom. The standard InChI is InChI=1S/C14H12F2N2O/c1-8-6-12(16)13(7-11(8)15)18-14(19)9-2-4-10(17)5-3-9/h2-7H,17H2,1H3,(H,18,19). The Morgan fingerprint density at radius 3 is 2.37 bits per heavy atom. The van der Waals surface area contributed by atoms with E-state index in [4.69, 9.17) is 5.73 Å². The molecule has 5 heteroatoms. The highest BCUT2D eigenvalue weighted by atomic mass is 19.1. The van der Waals surface area contributed by atoms with E-state index >= 15 is 0 Å². The number of nitrogens with two attached hydrogens (primary N) is 1. The summed E-state index contributed by atoms with van der Waals surface area (Å²) in [5.74, 6) is -1.78. The Balaban J connectivity index is 2.24. The minimum Gasteiger partial charge on any atom is -0.399 e. The van der Waals surface area contributed by atoms with Gasteiger partial charge in [0.25, 0.3) is 5.91 Å². The Hall–Kier alpha value is -2.43. The smallest absolute Gasteiger partial charge is 0.255 e. The van der Waals surface area contributed by atoms with Crippen molar-refractivity contribution in [3.63, 3.8) is 0 Å². The molecule has 2 aromatic carbocycles. The number of aryl methyl sites for hydroxylation is 1. The molecule has 3 N–H and O–H groups in total. The lowest BCUT2D eigenvalue weighted by Crippen LogP contribution is -2.13. The van der Waals surface area contributed by atoms with Crippen LogP contribution in [0.5, 0.6) is 0 Å². The van der Waals surface area contributed by atoms with Gasteiger partial charge >= 0.3 is 0 Å². The Bertz CT molecular complexity index is 624. The zero-order valence-electron chi connectivity index (χ0n) is 10.2. The van der Waals surface area contributed by atoms with Crippen molar-refractivity contribution in [3.8, 4) is 0 Å². The fourth-order valence-electron chi connectivity index (χ4n) is 1.57. The second kappa shape index (κ2) is 5.06. The molecule has 0 atom stereocenters. The Labute approximate surface area is 109 Å². The summed E-state index contributed by atoms with van der Waals surface area (Å²) in [6.07, 6.45) is 0. The van der Waals surface area contributed by atoms with Gasteiger partial charge in [-0.25, -0.2) is 8.78 Å². The van der Waals surface area contributed by atoms with Crippen molar-refractivity contribution < 1.29 is 13.6 Å². The monoisotopic (exact) mass is 262 g/mol. The highest BCUT2D eigenvalue weighted by Crippen LogP contribution is 2.19. The van der Waals surface area contributed by atoms with Crippen LogP contribution < -0.4 is 11.1 Å². The van der Waals surface area contributed by atoms with Crippen LogP contribution in [0.3, 0.4) is 0 Å². The molecule has 0 saturated carbocycles. The SMILES string of the molecule is Cc1cc(F)c(NC(=O)c2ccc(N)cc2)cc1F. The molecule has 2 rings (SSSR count). The largest absolute Gasteiger partial charge is 0.399 e. The van der Waals surface area contributed by atoms with E-state index in [1.807, 2.05) is 0 Å². The van der Waals surface area contributed by atoms with Gasteiger partial charge in [-0.1, -0.05) is 0 Å². The summed E-state index contributed by atoms with van der Waals surface area (Å²) in [7, 11) is 0. The molecule has 0 aromatic heterocycles. The average molecular weight is 262 g/mol. The molecule has 0 fully saturated rings. The van der Waals surface area contributed by atoms with Crippen molar-refractivity contribution in [3.05, 3.63) is 59.2 Å². The second-order valence-electron chi connectivity index (χ2n) is 4.16. The number of nitrogens with one attached hydrogen (secondary N) is 1. The van der Waals surface area contributed by atoms with Crippen LogP contribution >= 0.6 is 0 Å². The number of halogens is 2. The maximum absolute atomic E-state index is 13.6. The molecule has 0 saturated heterocycles. The summed E-state index contributed by atoms with van der Waals surface area (Å²) >= 11 is 0. The van der Waals surface area contributed by atoms with Crippen molar-refractivity contribution in [2.45, 2.75) is 6.92 Å². The first kappa shape index (κ1) is 13.0. The summed E-state index contributed by atoms with van der Waals surface area (Å²) in [6, 6.07) is 8.12. The third kappa shape index (κ3) is 2.88. The van der Waals surface area contributed by atoms with Gasteiger partial charge in [0.2, 0.25) is 0 Å². The molecule has 0 heterocycles. The van der Waals surface area contributed by atoms with Crippen LogP contribution in [0.4, 0.5) is 20.2 Å². The van der Waals surface area contributed by atoms with Gasteiger partial charge in [0.05, 0.1) is 5.69 Å². The second-order valence-corrected chi connectivity index (χ2v) is 4.16. The quantitative estimate of drug-likeness (QED) is 0.817. The molecule has 19 heavy (non-hydrogen) atoms. The molecule has 0 bridgehead atoms. The van der Waals surface area contributed by atoms with Crippen molar-refractivity contribution in [2.75, 3.05) is 11.1 Å². The number of nitrogen functional groups attached to an aromatic ring is 1. The zero-order chi connectivity index (χ0) is 14.0. The maximum atomic E-state index is 13.6. The molecule has 0 spiro atoms. The van der Waals surface area contributed by atoms with E-state index in [1.54, 1.807) is 12.1 Å². The number of amides is 1. The fourth-order valence-corrected chi connectivity index (χ4v) is 1.57. The minimum absolute atomic E-state index is 0.183. The van der Waals surface area contributed by atoms with Gasteiger partial charge in [-0.05, 0) is 42.8 Å². The molecule has 0 aliphatic carbocycles. The average Bonchev–Trinajstić information content (AvgIpc) is 2.36. The number of rotatable bonds is 2. The maximum Gasteiger partial charge on any atom is 0.255 e. The van der Waals surface area contributed by atoms with Crippen LogP contribution in [0.25, 0.3) is 0 Å². The summed E-state index contributed by atoms with van der Waals surface area (Å²) in [5, 5.41) is 2.32. The van der Waals surface area contributed by atoms with E-state index in [2.05, 4.69) is 5.32 Å². The molecule has 0 aliphatic heterocycles. The third-order valence-electron chi connectivity index (χ3n) is 2.67. The lowest BCUT2D eigenvalue weighted by atomic mass is 10.1. The number of hydrogen-bond donors (Lipinski definition) is 2. The van der Waals surface area contributed by atoms with Gasteiger partial charge in [-0.2, -0.15) is 0 Å². The molecule has 2 aromatic rings. The van der Waals surface area contributed by atoms with Gasteiger partial charge in [0, 0.05) is 17.3 Å². The number of carbonyl (C=O) groups excluding carboxylic acids is 1. The highest BCUT2D eigenvalue weighted by Gasteiger charge is 2.11. The first-order chi connectivity index (χ1) is 8.97. The van der Waals surface area contributed by atoms with Crippen molar-refractivity contribution in [2.24, 2.45) is 0 Å². The Morgan fingerprint density at radius 1 is 1.11 bits per heavy atom. The van der Waals surface area contributed by atoms with Gasteiger partial charge < -0.3 is 11.1 Å². The van der Waals surface area contributed by atoms with E-state index < -0.39 is 17.5 Å². The van der Waals surface area contributed by atoms with Crippen LogP contribution in [0.2, 0.25) is 0 Å². The minimum atomic E-state index is -0.678. The van der Waals surface area contributed by atoms with E-state index in [0.717, 1.165) is 12.1 Å². The van der Waals surface area contributed by atoms with Crippen LogP contribution in [-0.4, -0.2) is 5.91 Å². The molecule has 0 unspecified atom stereocenters. The summed E-state index contributed by atoms with van der Waals surface area (Å²) in [5.41, 5.74) is 6.32. The predicted octanol–water partition coefficient (Wildman–Crippen LogP) is 3.11. The number of benzene rings is 2. The van der Waals surface area contributed by atoms with Gasteiger partial charge in [0.15, 0.2) is 0 Å². The molecule has 0 radical (unpaired) electrons. The van der Waals surface area contributed by atoms with Crippen LogP contribution in [0.15, 0.2) is 36.4 Å². The fraction of sp³-hybridized carbons (Fsp3) is 0.0714. The summed E-state index contributed by atoms with van der Waals surface area (Å²) in [6.45, 7) is 1.45. The zero-order valence-corrected chi connectivity index (χ0v) is 10.2. The Kier molecular flexibility index (Phi) is 3.46. The van der Waals surface area contributed by atoms with Gasteiger partial charge in [-0.15, -0.1) is 0 Å². The number of anilines is 2. The summed E-state index contributed by atoms with van der Waals surface area (Å²) < 4.78 is 26.9. The first-order valence-electron chi connectivity index (χ1n) is 5.60. The van der Waals surface area contributed by atoms with E-state index in [-0.39, 0.29) is 11.3 Å². The molecular weight excluding hydrogens is 250 g/mol. The van der Waals surface area contributed by atoms with Crippen LogP contribution in [-0.2, 0) is 0 Å². The lowest BCUT2D eigenvalue weighted by molar-refractivity contribution is 0.102. The molecule has 0 aliphatic rings. The topological polar surface area (TPSA) is 55.1 Å². The van der Waals surface area contributed by atoms with E-state index in [9.17, 15) is 13.6 Å². The predicted molar refractivity (Wildman–Crippen MR) is 69.9 cm³/mol. The number of carbonyl (C=O) groups is 1. The van der Waals surface area contributed by atoms with Gasteiger partial charge in [0.1, 0.15) is 11.6 Å².